The van der Waals surface area contributed by atoms with E-state index < -0.39 is 0 Å². The number of hydrogen-bond donors (Lipinski definition) is 1. The fraction of sp³-hybridized carbons (Fsp3) is 0.500. The average Bonchev–Trinajstić information content (AvgIpc) is 3.14. The highest BCUT2D eigenvalue weighted by Crippen LogP contribution is 2.37. The summed E-state index contributed by atoms with van der Waals surface area (Å²) >= 11 is 6.52. The van der Waals surface area contributed by atoms with Crippen LogP contribution in [0, 0.1) is 0 Å². The number of benzene rings is 2. The second kappa shape index (κ2) is 9.85. The van der Waals surface area contributed by atoms with Gasteiger partial charge in [0.15, 0.2) is 11.5 Å². The van der Waals surface area contributed by atoms with Gasteiger partial charge in [-0.1, -0.05) is 17.7 Å². The summed E-state index contributed by atoms with van der Waals surface area (Å²) in [6, 6.07) is 10.4. The number of aliphatic hydroxyl groups excluding tert-OH is 1. The van der Waals surface area contributed by atoms with Gasteiger partial charge in [0.05, 0.1) is 6.61 Å². The Bertz CT molecular complexity index is 949. The van der Waals surface area contributed by atoms with E-state index >= 15 is 0 Å². The van der Waals surface area contributed by atoms with Gasteiger partial charge in [0.1, 0.15) is 12.4 Å². The lowest BCUT2D eigenvalue weighted by molar-refractivity contribution is 0.108. The van der Waals surface area contributed by atoms with Crippen molar-refractivity contribution in [1.82, 2.24) is 14.7 Å². The number of rotatable bonds is 6. The molecule has 5 rings (SSSR count). The monoisotopic (exact) mass is 459 g/mol. The standard InChI is InChI=1S/C24H30ClN3O4/c25-21-13-24-23(31-17-32-24)12-19(21)15-28-8-10-30-22-2-1-18(11-20(22)16-28)14-27-5-3-26(4-6-27)7-9-29/h1-2,11-13,29H,3-10,14-17H2. The zero-order valence-electron chi connectivity index (χ0n) is 18.3. The minimum absolute atomic E-state index is 0.235. The van der Waals surface area contributed by atoms with E-state index in [0.717, 1.165) is 76.0 Å². The smallest absolute Gasteiger partial charge is 0.231 e. The molecule has 3 heterocycles. The number of fused-ring (bicyclic) bond motifs is 2. The van der Waals surface area contributed by atoms with Gasteiger partial charge in [0.25, 0.3) is 0 Å². The largest absolute Gasteiger partial charge is 0.492 e. The zero-order valence-corrected chi connectivity index (χ0v) is 19.0. The lowest BCUT2D eigenvalue weighted by Crippen LogP contribution is -2.46. The van der Waals surface area contributed by atoms with E-state index in [4.69, 9.17) is 30.9 Å². The van der Waals surface area contributed by atoms with Gasteiger partial charge in [-0.05, 0) is 29.3 Å². The molecule has 0 bridgehead atoms. The average molecular weight is 460 g/mol. The Labute approximate surface area is 194 Å². The first-order valence-corrected chi connectivity index (χ1v) is 11.7. The lowest BCUT2D eigenvalue weighted by Gasteiger charge is -2.34. The van der Waals surface area contributed by atoms with Crippen molar-refractivity contribution in [3.05, 3.63) is 52.0 Å². The van der Waals surface area contributed by atoms with Crippen LogP contribution in [0.5, 0.6) is 17.2 Å². The molecule has 32 heavy (non-hydrogen) atoms. The maximum absolute atomic E-state index is 9.14. The minimum atomic E-state index is 0.235. The SMILES string of the molecule is OCCN1CCN(Cc2ccc3c(c2)CN(Cc2cc4c(cc2Cl)OCO4)CCO3)CC1. The van der Waals surface area contributed by atoms with Crippen LogP contribution in [-0.2, 0) is 19.6 Å². The van der Waals surface area contributed by atoms with Crippen LogP contribution in [-0.4, -0.2) is 79.1 Å². The number of nitrogens with zero attached hydrogens (tertiary/aromatic N) is 3. The first-order chi connectivity index (χ1) is 15.7. The van der Waals surface area contributed by atoms with E-state index in [1.165, 1.54) is 11.1 Å². The summed E-state index contributed by atoms with van der Waals surface area (Å²) in [5.74, 6) is 2.45. The summed E-state index contributed by atoms with van der Waals surface area (Å²) in [4.78, 5) is 7.17. The molecule has 0 aromatic heterocycles. The molecule has 1 fully saturated rings. The summed E-state index contributed by atoms with van der Waals surface area (Å²) in [7, 11) is 0. The molecule has 1 N–H and O–H groups in total. The maximum atomic E-state index is 9.14. The molecular formula is C24H30ClN3O4. The van der Waals surface area contributed by atoms with Crippen LogP contribution in [0.15, 0.2) is 30.3 Å². The molecule has 0 radical (unpaired) electrons. The van der Waals surface area contributed by atoms with Gasteiger partial charge < -0.3 is 19.3 Å². The molecule has 2 aromatic carbocycles. The number of halogens is 1. The number of β-amino-alcohol motifs (C(OH)–C–C–N with tert-alkyl or cyclic N) is 1. The third-order valence-corrected chi connectivity index (χ3v) is 6.76. The summed E-state index contributed by atoms with van der Waals surface area (Å²) in [6.45, 7) is 9.32. The van der Waals surface area contributed by atoms with Gasteiger partial charge >= 0.3 is 0 Å². The predicted molar refractivity (Wildman–Crippen MR) is 122 cm³/mol. The number of ether oxygens (including phenoxy) is 3. The fourth-order valence-corrected chi connectivity index (χ4v) is 4.84. The number of piperazine rings is 1. The molecule has 172 valence electrons. The second-order valence-corrected chi connectivity index (χ2v) is 9.05. The van der Waals surface area contributed by atoms with Gasteiger partial charge in [-0.25, -0.2) is 0 Å². The van der Waals surface area contributed by atoms with E-state index in [9.17, 15) is 0 Å². The minimum Gasteiger partial charge on any atom is -0.492 e. The van der Waals surface area contributed by atoms with Crippen LogP contribution in [0.25, 0.3) is 0 Å². The molecule has 8 heteroatoms. The Morgan fingerprint density at radius 3 is 2.41 bits per heavy atom. The van der Waals surface area contributed by atoms with Gasteiger partial charge in [0, 0.05) is 75.6 Å². The summed E-state index contributed by atoms with van der Waals surface area (Å²) in [6.07, 6.45) is 0. The van der Waals surface area contributed by atoms with E-state index in [0.29, 0.717) is 17.4 Å². The Morgan fingerprint density at radius 2 is 1.59 bits per heavy atom. The molecule has 2 aromatic rings. The van der Waals surface area contributed by atoms with Gasteiger partial charge in [0.2, 0.25) is 6.79 Å². The molecule has 1 saturated heterocycles. The van der Waals surface area contributed by atoms with Crippen LogP contribution >= 0.6 is 11.6 Å². The summed E-state index contributed by atoms with van der Waals surface area (Å²) < 4.78 is 17.0. The second-order valence-electron chi connectivity index (χ2n) is 8.64. The summed E-state index contributed by atoms with van der Waals surface area (Å²) in [5, 5.41) is 9.84. The van der Waals surface area contributed by atoms with Crippen molar-refractivity contribution in [3.63, 3.8) is 0 Å². The van der Waals surface area contributed by atoms with E-state index in [-0.39, 0.29) is 13.4 Å². The van der Waals surface area contributed by atoms with Crippen LogP contribution in [0.4, 0.5) is 0 Å². The topological polar surface area (TPSA) is 57.6 Å². The highest BCUT2D eigenvalue weighted by Gasteiger charge is 2.22. The number of aliphatic hydroxyl groups is 1. The molecule has 0 atom stereocenters. The molecule has 0 aliphatic carbocycles. The fourth-order valence-electron chi connectivity index (χ4n) is 4.63. The van der Waals surface area contributed by atoms with Gasteiger partial charge in [-0.15, -0.1) is 0 Å². The van der Waals surface area contributed by atoms with Crippen LogP contribution in [0.1, 0.15) is 16.7 Å². The van der Waals surface area contributed by atoms with Crippen molar-refractivity contribution in [2.24, 2.45) is 0 Å². The van der Waals surface area contributed by atoms with Crippen LogP contribution < -0.4 is 14.2 Å². The molecule has 0 saturated carbocycles. The lowest BCUT2D eigenvalue weighted by atomic mass is 10.1. The Morgan fingerprint density at radius 1 is 0.812 bits per heavy atom. The van der Waals surface area contributed by atoms with Crippen molar-refractivity contribution in [2.75, 3.05) is 59.3 Å². The normalized spacial score (nSPS) is 19.4. The van der Waals surface area contributed by atoms with Crippen LogP contribution in [0.2, 0.25) is 5.02 Å². The highest BCUT2D eigenvalue weighted by atomic mass is 35.5. The molecule has 3 aliphatic heterocycles. The molecular weight excluding hydrogens is 430 g/mol. The molecule has 3 aliphatic rings. The third-order valence-electron chi connectivity index (χ3n) is 6.41. The molecule has 0 unspecified atom stereocenters. The third kappa shape index (κ3) is 4.97. The highest BCUT2D eigenvalue weighted by molar-refractivity contribution is 6.31. The van der Waals surface area contributed by atoms with E-state index in [2.05, 4.69) is 32.9 Å². The van der Waals surface area contributed by atoms with Crippen molar-refractivity contribution in [2.45, 2.75) is 19.6 Å². The van der Waals surface area contributed by atoms with Gasteiger partial charge in [-0.3, -0.25) is 14.7 Å². The number of hydrogen-bond acceptors (Lipinski definition) is 7. The van der Waals surface area contributed by atoms with Crippen molar-refractivity contribution >= 4 is 11.6 Å². The quantitative estimate of drug-likeness (QED) is 0.712. The predicted octanol–water partition coefficient (Wildman–Crippen LogP) is 2.57. The van der Waals surface area contributed by atoms with E-state index in [1.807, 2.05) is 12.1 Å². The Hall–Kier alpha value is -2.03. The summed E-state index contributed by atoms with van der Waals surface area (Å²) in [5.41, 5.74) is 3.57. The molecule has 7 nitrogen and oxygen atoms in total. The first kappa shape index (κ1) is 21.8. The van der Waals surface area contributed by atoms with Crippen LogP contribution in [0.3, 0.4) is 0 Å². The first-order valence-electron chi connectivity index (χ1n) is 11.3. The van der Waals surface area contributed by atoms with E-state index in [1.54, 1.807) is 0 Å². The Balaban J connectivity index is 1.25. The molecule has 0 amide bonds. The maximum Gasteiger partial charge on any atom is 0.231 e. The Kier molecular flexibility index (Phi) is 6.71. The van der Waals surface area contributed by atoms with Crippen molar-refractivity contribution in [1.29, 1.82) is 0 Å². The van der Waals surface area contributed by atoms with Crippen molar-refractivity contribution < 1.29 is 19.3 Å². The molecule has 0 spiro atoms. The zero-order chi connectivity index (χ0) is 21.9. The van der Waals surface area contributed by atoms with Gasteiger partial charge in [-0.2, -0.15) is 0 Å². The van der Waals surface area contributed by atoms with Crippen molar-refractivity contribution in [3.8, 4) is 17.2 Å².